The molecular weight excluding hydrogens is 346 g/mol. The molecule has 0 aromatic heterocycles. The third-order valence-electron chi connectivity index (χ3n) is 5.15. The van der Waals surface area contributed by atoms with Crippen molar-refractivity contribution in [2.75, 3.05) is 6.54 Å². The Hall–Kier alpha value is -2.70. The Morgan fingerprint density at radius 3 is 2.59 bits per heavy atom. The van der Waals surface area contributed by atoms with Gasteiger partial charge >= 0.3 is 0 Å². The van der Waals surface area contributed by atoms with Gasteiger partial charge < -0.3 is 5.32 Å². The summed E-state index contributed by atoms with van der Waals surface area (Å²) in [5.41, 5.74) is 1.05. The molecule has 1 aromatic rings. The van der Waals surface area contributed by atoms with Gasteiger partial charge in [0.25, 0.3) is 5.91 Å². The van der Waals surface area contributed by atoms with Crippen molar-refractivity contribution >= 4 is 23.5 Å². The number of benzene rings is 1. The second-order valence-corrected chi connectivity index (χ2v) is 7.11. The van der Waals surface area contributed by atoms with Crippen molar-refractivity contribution in [2.24, 2.45) is 0 Å². The molecule has 1 aromatic carbocycles. The normalized spacial score (nSPS) is 22.9. The highest BCUT2D eigenvalue weighted by Gasteiger charge is 2.43. The average molecular weight is 371 g/mol. The fourth-order valence-corrected chi connectivity index (χ4v) is 3.71. The maximum atomic E-state index is 13.0. The molecule has 7 heteroatoms. The Morgan fingerprint density at radius 1 is 1.15 bits per heavy atom. The molecule has 3 amide bonds. The van der Waals surface area contributed by atoms with Gasteiger partial charge in [0.15, 0.2) is 5.78 Å². The lowest BCUT2D eigenvalue weighted by Crippen LogP contribution is -2.61. The number of carbonyl (C=O) groups excluding carboxylic acids is 4. The van der Waals surface area contributed by atoms with E-state index >= 15 is 0 Å². The van der Waals surface area contributed by atoms with E-state index in [2.05, 4.69) is 5.32 Å². The quantitative estimate of drug-likeness (QED) is 0.843. The van der Waals surface area contributed by atoms with Crippen LogP contribution < -0.4 is 5.32 Å². The highest BCUT2D eigenvalue weighted by atomic mass is 16.2. The van der Waals surface area contributed by atoms with E-state index in [1.54, 1.807) is 0 Å². The molecule has 1 N–H and O–H groups in total. The van der Waals surface area contributed by atoms with E-state index in [1.165, 1.54) is 16.9 Å². The van der Waals surface area contributed by atoms with E-state index in [0.717, 1.165) is 5.56 Å². The number of nitrogens with one attached hydrogen (secondary N) is 1. The fourth-order valence-electron chi connectivity index (χ4n) is 3.71. The molecular formula is C20H25N3O4. The number of fused-ring (bicyclic) bond motifs is 1. The van der Waals surface area contributed by atoms with Gasteiger partial charge in [0.05, 0.1) is 0 Å². The summed E-state index contributed by atoms with van der Waals surface area (Å²) in [5, 5.41) is 5.46. The Balaban J connectivity index is 1.68. The summed E-state index contributed by atoms with van der Waals surface area (Å²) >= 11 is 0. The average Bonchev–Trinajstić information content (AvgIpc) is 2.79. The van der Waals surface area contributed by atoms with Crippen LogP contribution in [0.4, 0.5) is 0 Å². The monoisotopic (exact) mass is 371 g/mol. The predicted octanol–water partition coefficient (Wildman–Crippen LogP) is 1.22. The van der Waals surface area contributed by atoms with Gasteiger partial charge in [-0.2, -0.15) is 0 Å². The maximum absolute atomic E-state index is 13.0. The molecule has 3 rings (SSSR count). The molecule has 2 aliphatic heterocycles. The van der Waals surface area contributed by atoms with Gasteiger partial charge in [-0.25, -0.2) is 5.01 Å². The maximum Gasteiger partial charge on any atom is 0.264 e. The number of Topliss-reactive ketones (excluding diaryl/α,β-unsaturated/α-hetero) is 1. The van der Waals surface area contributed by atoms with E-state index in [9.17, 15) is 19.2 Å². The first kappa shape index (κ1) is 19.1. The summed E-state index contributed by atoms with van der Waals surface area (Å²) < 4.78 is 0. The minimum Gasteiger partial charge on any atom is -0.344 e. The van der Waals surface area contributed by atoms with Gasteiger partial charge in [-0.05, 0) is 38.2 Å². The molecule has 27 heavy (non-hydrogen) atoms. The molecule has 2 saturated heterocycles. The van der Waals surface area contributed by atoms with Crippen LogP contribution in [-0.4, -0.2) is 52.2 Å². The second kappa shape index (κ2) is 8.33. The third-order valence-corrected chi connectivity index (χ3v) is 5.15. The summed E-state index contributed by atoms with van der Waals surface area (Å²) in [6.07, 6.45) is 2.51. The van der Waals surface area contributed by atoms with Crippen LogP contribution in [0.5, 0.6) is 0 Å². The molecule has 2 heterocycles. The number of hydrogen-bond donors (Lipinski definition) is 1. The summed E-state index contributed by atoms with van der Waals surface area (Å²) in [6.45, 7) is 1.87. The van der Waals surface area contributed by atoms with Crippen LogP contribution in [0.15, 0.2) is 30.3 Å². The van der Waals surface area contributed by atoms with Crippen molar-refractivity contribution in [3.8, 4) is 0 Å². The van der Waals surface area contributed by atoms with Crippen molar-refractivity contribution in [1.29, 1.82) is 0 Å². The SMILES string of the molecule is CC(=O)C1CCCN2C(=O)CC[C@H](NC(=O)CCc3ccccc3)C(=O)N12. The largest absolute Gasteiger partial charge is 0.344 e. The summed E-state index contributed by atoms with van der Waals surface area (Å²) in [7, 11) is 0. The molecule has 144 valence electrons. The van der Waals surface area contributed by atoms with Gasteiger partial charge in [-0.1, -0.05) is 30.3 Å². The van der Waals surface area contributed by atoms with Crippen LogP contribution in [0.25, 0.3) is 0 Å². The van der Waals surface area contributed by atoms with Gasteiger partial charge in [0.2, 0.25) is 11.8 Å². The van der Waals surface area contributed by atoms with E-state index in [1.807, 2.05) is 30.3 Å². The summed E-state index contributed by atoms with van der Waals surface area (Å²) in [6, 6.07) is 8.25. The van der Waals surface area contributed by atoms with Crippen molar-refractivity contribution in [2.45, 2.75) is 57.5 Å². The van der Waals surface area contributed by atoms with Crippen molar-refractivity contribution in [3.05, 3.63) is 35.9 Å². The minimum absolute atomic E-state index is 0.142. The Bertz CT molecular complexity index is 734. The molecule has 1 unspecified atom stereocenters. The zero-order chi connectivity index (χ0) is 19.4. The van der Waals surface area contributed by atoms with Crippen LogP contribution in [0.3, 0.4) is 0 Å². The standard InChI is InChI=1S/C20H25N3O4/c1-14(24)17-8-5-13-22-19(26)12-10-16(20(27)23(17)22)21-18(25)11-9-15-6-3-2-4-7-15/h2-4,6-7,16-17H,5,8-13H2,1H3,(H,21,25)/t16-,17?/m0/s1. The summed E-state index contributed by atoms with van der Waals surface area (Å²) in [4.78, 5) is 49.8. The first-order valence-electron chi connectivity index (χ1n) is 9.44. The van der Waals surface area contributed by atoms with Gasteiger partial charge in [-0.15, -0.1) is 0 Å². The number of hydrazine groups is 1. The Morgan fingerprint density at radius 2 is 1.89 bits per heavy atom. The van der Waals surface area contributed by atoms with E-state index < -0.39 is 12.1 Å². The second-order valence-electron chi connectivity index (χ2n) is 7.11. The lowest BCUT2D eigenvalue weighted by atomic mass is 10.0. The number of rotatable bonds is 5. The molecule has 7 nitrogen and oxygen atoms in total. The topological polar surface area (TPSA) is 86.8 Å². The van der Waals surface area contributed by atoms with E-state index in [4.69, 9.17) is 0 Å². The fraction of sp³-hybridized carbons (Fsp3) is 0.500. The van der Waals surface area contributed by atoms with E-state index in [-0.39, 0.29) is 42.8 Å². The zero-order valence-electron chi connectivity index (χ0n) is 15.5. The highest BCUT2D eigenvalue weighted by Crippen LogP contribution is 2.25. The smallest absolute Gasteiger partial charge is 0.264 e. The molecule has 2 atom stereocenters. The van der Waals surface area contributed by atoms with Gasteiger partial charge in [0, 0.05) is 19.4 Å². The Kier molecular flexibility index (Phi) is 5.88. The number of amides is 3. The molecule has 2 aliphatic rings. The van der Waals surface area contributed by atoms with E-state index in [0.29, 0.717) is 25.8 Å². The van der Waals surface area contributed by atoms with Crippen LogP contribution in [0, 0.1) is 0 Å². The number of ketones is 1. The number of nitrogens with zero attached hydrogens (tertiary/aromatic N) is 2. The number of aryl methyl sites for hydroxylation is 1. The first-order valence-corrected chi connectivity index (χ1v) is 9.44. The lowest BCUT2D eigenvalue weighted by Gasteiger charge is -2.42. The third kappa shape index (κ3) is 4.35. The predicted molar refractivity (Wildman–Crippen MR) is 98.2 cm³/mol. The molecule has 0 bridgehead atoms. The van der Waals surface area contributed by atoms with Crippen LogP contribution in [-0.2, 0) is 25.6 Å². The van der Waals surface area contributed by atoms with Gasteiger partial charge in [0.1, 0.15) is 12.1 Å². The molecule has 0 spiro atoms. The molecule has 0 radical (unpaired) electrons. The van der Waals surface area contributed by atoms with Crippen LogP contribution in [0.2, 0.25) is 0 Å². The number of carbonyl (C=O) groups is 4. The Labute approximate surface area is 158 Å². The number of hydrogen-bond acceptors (Lipinski definition) is 4. The first-order chi connectivity index (χ1) is 13.0. The molecule has 0 aliphatic carbocycles. The molecule has 2 fully saturated rings. The lowest BCUT2D eigenvalue weighted by molar-refractivity contribution is -0.175. The van der Waals surface area contributed by atoms with Crippen molar-refractivity contribution in [3.63, 3.8) is 0 Å². The van der Waals surface area contributed by atoms with Crippen LogP contribution in [0.1, 0.15) is 44.6 Å². The van der Waals surface area contributed by atoms with Gasteiger partial charge in [-0.3, -0.25) is 24.2 Å². The summed E-state index contributed by atoms with van der Waals surface area (Å²) in [5.74, 6) is -0.907. The molecule has 0 saturated carbocycles. The van der Waals surface area contributed by atoms with Crippen LogP contribution >= 0.6 is 0 Å². The van der Waals surface area contributed by atoms with Crippen molar-refractivity contribution < 1.29 is 19.2 Å². The minimum atomic E-state index is -0.776. The highest BCUT2D eigenvalue weighted by molar-refractivity contribution is 5.95. The van der Waals surface area contributed by atoms with Crippen molar-refractivity contribution in [1.82, 2.24) is 15.3 Å². The zero-order valence-corrected chi connectivity index (χ0v) is 15.5.